The van der Waals surface area contributed by atoms with Gasteiger partial charge in [-0.3, -0.25) is 19.3 Å². The van der Waals surface area contributed by atoms with E-state index in [0.29, 0.717) is 11.4 Å². The molecule has 3 aromatic rings. The topological polar surface area (TPSA) is 89.5 Å². The van der Waals surface area contributed by atoms with Crippen LogP contribution in [0.15, 0.2) is 35.8 Å². The second kappa shape index (κ2) is 5.86. The molecule has 23 heavy (non-hydrogen) atoms. The number of hydrogen-bond donors (Lipinski definition) is 1. The molecule has 7 nitrogen and oxygen atoms in total. The van der Waals surface area contributed by atoms with Crippen LogP contribution < -0.4 is 5.32 Å². The van der Waals surface area contributed by atoms with E-state index >= 15 is 0 Å². The summed E-state index contributed by atoms with van der Waals surface area (Å²) >= 11 is 6.76. The number of carbonyl (C=O) groups excluding carboxylic acids is 1. The summed E-state index contributed by atoms with van der Waals surface area (Å²) in [6, 6.07) is 5.48. The Morgan fingerprint density at radius 2 is 2.26 bits per heavy atom. The Hall–Kier alpha value is -2.65. The molecule has 116 valence electrons. The van der Waals surface area contributed by atoms with Gasteiger partial charge in [-0.2, -0.15) is 0 Å². The number of nitro groups is 1. The largest absolute Gasteiger partial charge is 0.311 e. The molecule has 0 saturated carbocycles. The molecular weight excluding hydrogens is 336 g/mol. The van der Waals surface area contributed by atoms with Crippen molar-refractivity contribution in [2.75, 3.05) is 0 Å². The maximum Gasteiger partial charge on any atom is 0.270 e. The van der Waals surface area contributed by atoms with Crippen molar-refractivity contribution in [2.24, 2.45) is 0 Å². The molecule has 0 aliphatic heterocycles. The van der Waals surface area contributed by atoms with Crippen molar-refractivity contribution in [2.45, 2.75) is 6.92 Å². The molecule has 0 unspecified atom stereocenters. The number of hydrogen-bond acceptors (Lipinski definition) is 6. The van der Waals surface area contributed by atoms with Gasteiger partial charge in [0.15, 0.2) is 4.96 Å². The highest BCUT2D eigenvalue weighted by molar-refractivity contribution is 7.80. The van der Waals surface area contributed by atoms with Crippen LogP contribution in [0.5, 0.6) is 0 Å². The van der Waals surface area contributed by atoms with Gasteiger partial charge in [-0.25, -0.2) is 4.98 Å². The summed E-state index contributed by atoms with van der Waals surface area (Å²) in [5.74, 6) is -0.497. The number of amides is 1. The number of non-ortho nitro benzene ring substituents is 1. The van der Waals surface area contributed by atoms with Crippen LogP contribution in [0.1, 0.15) is 21.7 Å². The molecule has 0 spiro atoms. The maximum atomic E-state index is 12.3. The SMILES string of the molecule is Cc1nc2sccn2c1C(=S)NC(=O)c1cccc([N+](=O)[O-])c1. The summed E-state index contributed by atoms with van der Waals surface area (Å²) < 4.78 is 1.80. The minimum atomic E-state index is -0.550. The zero-order valence-electron chi connectivity index (χ0n) is 11.8. The van der Waals surface area contributed by atoms with E-state index in [1.807, 2.05) is 11.6 Å². The monoisotopic (exact) mass is 346 g/mol. The molecule has 0 aliphatic carbocycles. The first-order chi connectivity index (χ1) is 11.0. The lowest BCUT2D eigenvalue weighted by Gasteiger charge is -2.07. The van der Waals surface area contributed by atoms with Crippen LogP contribution in [0.2, 0.25) is 0 Å². The molecule has 0 radical (unpaired) electrons. The average Bonchev–Trinajstić information content (AvgIpc) is 3.06. The van der Waals surface area contributed by atoms with Gasteiger partial charge in [-0.05, 0) is 13.0 Å². The van der Waals surface area contributed by atoms with E-state index in [0.717, 1.165) is 4.96 Å². The number of thiazole rings is 1. The van der Waals surface area contributed by atoms with Crippen LogP contribution in [-0.4, -0.2) is 25.2 Å². The van der Waals surface area contributed by atoms with E-state index < -0.39 is 10.8 Å². The third-order valence-electron chi connectivity index (χ3n) is 3.20. The fraction of sp³-hybridized carbons (Fsp3) is 0.0714. The normalized spacial score (nSPS) is 10.7. The highest BCUT2D eigenvalue weighted by atomic mass is 32.1. The number of aryl methyl sites for hydroxylation is 1. The van der Waals surface area contributed by atoms with Gasteiger partial charge in [0.2, 0.25) is 0 Å². The predicted molar refractivity (Wildman–Crippen MR) is 90.1 cm³/mol. The van der Waals surface area contributed by atoms with Crippen LogP contribution in [-0.2, 0) is 0 Å². The number of imidazole rings is 1. The van der Waals surface area contributed by atoms with E-state index in [4.69, 9.17) is 12.2 Å². The first-order valence-electron chi connectivity index (χ1n) is 6.49. The molecule has 1 amide bonds. The smallest absolute Gasteiger partial charge is 0.270 e. The molecule has 2 heterocycles. The number of aromatic nitrogens is 2. The van der Waals surface area contributed by atoms with Crippen LogP contribution >= 0.6 is 23.6 Å². The van der Waals surface area contributed by atoms with Crippen LogP contribution in [0.25, 0.3) is 4.96 Å². The van der Waals surface area contributed by atoms with Gasteiger partial charge in [0.25, 0.3) is 11.6 Å². The number of nitro benzene ring substituents is 1. The fourth-order valence-electron chi connectivity index (χ4n) is 2.16. The van der Waals surface area contributed by atoms with Crippen LogP contribution in [0.3, 0.4) is 0 Å². The van der Waals surface area contributed by atoms with Gasteiger partial charge < -0.3 is 5.32 Å². The first-order valence-corrected chi connectivity index (χ1v) is 7.78. The summed E-state index contributed by atoms with van der Waals surface area (Å²) in [6.45, 7) is 1.81. The Bertz CT molecular complexity index is 945. The Morgan fingerprint density at radius 3 is 3.00 bits per heavy atom. The number of thiocarbonyl (C=S) groups is 1. The lowest BCUT2D eigenvalue weighted by Crippen LogP contribution is -2.31. The zero-order valence-corrected chi connectivity index (χ0v) is 13.5. The van der Waals surface area contributed by atoms with E-state index in [1.165, 1.54) is 35.6 Å². The lowest BCUT2D eigenvalue weighted by molar-refractivity contribution is -0.384. The molecule has 1 aromatic carbocycles. The number of rotatable bonds is 3. The van der Waals surface area contributed by atoms with Gasteiger partial charge >= 0.3 is 0 Å². The van der Waals surface area contributed by atoms with Gasteiger partial charge in [0.1, 0.15) is 10.7 Å². The molecule has 0 fully saturated rings. The number of benzene rings is 1. The molecule has 9 heteroatoms. The molecular formula is C14H10N4O3S2. The van der Waals surface area contributed by atoms with Crippen molar-refractivity contribution in [1.82, 2.24) is 14.7 Å². The minimum Gasteiger partial charge on any atom is -0.311 e. The summed E-state index contributed by atoms with van der Waals surface area (Å²) in [6.07, 6.45) is 1.82. The van der Waals surface area contributed by atoms with E-state index in [9.17, 15) is 14.9 Å². The molecule has 3 rings (SSSR count). The molecule has 0 bridgehead atoms. The second-order valence-corrected chi connectivity index (χ2v) is 5.97. The highest BCUT2D eigenvalue weighted by Crippen LogP contribution is 2.18. The Kier molecular flexibility index (Phi) is 3.89. The number of carbonyl (C=O) groups is 1. The third kappa shape index (κ3) is 2.83. The van der Waals surface area contributed by atoms with Crippen LogP contribution in [0, 0.1) is 17.0 Å². The third-order valence-corrected chi connectivity index (χ3v) is 4.25. The maximum absolute atomic E-state index is 12.3. The molecule has 1 N–H and O–H groups in total. The van der Waals surface area contributed by atoms with Crippen molar-refractivity contribution in [3.8, 4) is 0 Å². The number of nitrogens with one attached hydrogen (secondary N) is 1. The Labute approximate surface area is 139 Å². The summed E-state index contributed by atoms with van der Waals surface area (Å²) in [7, 11) is 0. The lowest BCUT2D eigenvalue weighted by atomic mass is 10.2. The summed E-state index contributed by atoms with van der Waals surface area (Å²) in [4.78, 5) is 27.9. The quantitative estimate of drug-likeness (QED) is 0.447. The van der Waals surface area contributed by atoms with Gasteiger partial charge in [0, 0.05) is 29.3 Å². The van der Waals surface area contributed by atoms with Crippen molar-refractivity contribution in [3.05, 3.63) is 62.9 Å². The zero-order chi connectivity index (χ0) is 16.6. The van der Waals surface area contributed by atoms with E-state index in [2.05, 4.69) is 10.3 Å². The predicted octanol–water partition coefficient (Wildman–Crippen LogP) is 2.72. The summed E-state index contributed by atoms with van der Waals surface area (Å²) in [5, 5.41) is 15.3. The Balaban J connectivity index is 1.86. The van der Waals surface area contributed by atoms with E-state index in [-0.39, 0.29) is 16.2 Å². The fourth-order valence-corrected chi connectivity index (χ4v) is 3.26. The molecule has 0 saturated heterocycles. The van der Waals surface area contributed by atoms with Crippen molar-refractivity contribution in [1.29, 1.82) is 0 Å². The van der Waals surface area contributed by atoms with Gasteiger partial charge in [-0.15, -0.1) is 11.3 Å². The first kappa shape index (κ1) is 15.3. The van der Waals surface area contributed by atoms with Gasteiger partial charge in [-0.1, -0.05) is 18.3 Å². The number of fused-ring (bicyclic) bond motifs is 1. The molecule has 2 aromatic heterocycles. The molecule has 0 atom stereocenters. The highest BCUT2D eigenvalue weighted by Gasteiger charge is 2.18. The van der Waals surface area contributed by atoms with Gasteiger partial charge in [0.05, 0.1) is 10.6 Å². The summed E-state index contributed by atoms with van der Waals surface area (Å²) in [5.41, 5.74) is 1.37. The second-order valence-electron chi connectivity index (χ2n) is 4.69. The standard InChI is InChI=1S/C14H10N4O3S2/c1-8-11(17-5-6-23-14(17)15-8)13(22)16-12(19)9-3-2-4-10(7-9)18(20)21/h2-7H,1H3,(H,16,19,22). The molecule has 0 aliphatic rings. The van der Waals surface area contributed by atoms with Crippen molar-refractivity contribution in [3.63, 3.8) is 0 Å². The Morgan fingerprint density at radius 1 is 1.48 bits per heavy atom. The van der Waals surface area contributed by atoms with E-state index in [1.54, 1.807) is 11.3 Å². The van der Waals surface area contributed by atoms with Crippen molar-refractivity contribution >= 4 is 45.1 Å². The number of nitrogens with zero attached hydrogens (tertiary/aromatic N) is 3. The van der Waals surface area contributed by atoms with Crippen molar-refractivity contribution < 1.29 is 9.72 Å². The average molecular weight is 346 g/mol. The minimum absolute atomic E-state index is 0.149. The van der Waals surface area contributed by atoms with Crippen LogP contribution in [0.4, 0.5) is 5.69 Å².